The van der Waals surface area contributed by atoms with Crippen LogP contribution in [0.2, 0.25) is 0 Å². The van der Waals surface area contributed by atoms with Crippen molar-refractivity contribution < 1.29 is 18.8 Å². The Bertz CT molecular complexity index is 1040. The van der Waals surface area contributed by atoms with Gasteiger partial charge in [0.1, 0.15) is 5.01 Å². The molecule has 2 aromatic heterocycles. The van der Waals surface area contributed by atoms with Crippen molar-refractivity contribution in [2.24, 2.45) is 0 Å². The van der Waals surface area contributed by atoms with Crippen molar-refractivity contribution in [3.63, 3.8) is 0 Å². The molecule has 3 aromatic rings. The molecule has 0 unspecified atom stereocenters. The molecule has 0 aliphatic carbocycles. The molecule has 1 amide bonds. The monoisotopic (exact) mass is 426 g/mol. The third kappa shape index (κ3) is 4.42. The Morgan fingerprint density at radius 3 is 2.53 bits per heavy atom. The quantitative estimate of drug-likeness (QED) is 0.580. The average Bonchev–Trinajstić information content (AvgIpc) is 3.42. The van der Waals surface area contributed by atoms with Gasteiger partial charge in [-0.1, -0.05) is 17.3 Å². The number of methoxy groups -OCH3 is 1. The van der Waals surface area contributed by atoms with Crippen LogP contribution in [0.1, 0.15) is 32.3 Å². The van der Waals surface area contributed by atoms with E-state index in [1.165, 1.54) is 7.11 Å². The van der Waals surface area contributed by atoms with Crippen LogP contribution in [-0.2, 0) is 11.3 Å². The van der Waals surface area contributed by atoms with Gasteiger partial charge in [0.25, 0.3) is 5.91 Å². The molecule has 1 fully saturated rings. The second-order valence-electron chi connectivity index (χ2n) is 7.11. The Morgan fingerprint density at radius 2 is 1.90 bits per heavy atom. The normalized spacial score (nSPS) is 14.7. The van der Waals surface area contributed by atoms with E-state index in [9.17, 15) is 9.59 Å². The summed E-state index contributed by atoms with van der Waals surface area (Å²) in [4.78, 5) is 32.8. The summed E-state index contributed by atoms with van der Waals surface area (Å²) in [5, 5.41) is 6.75. The molecule has 0 atom stereocenters. The zero-order valence-corrected chi connectivity index (χ0v) is 17.6. The molecule has 9 heteroatoms. The van der Waals surface area contributed by atoms with Crippen LogP contribution >= 0.6 is 11.3 Å². The van der Waals surface area contributed by atoms with Crippen LogP contribution in [-0.4, -0.2) is 65.1 Å². The van der Waals surface area contributed by atoms with Gasteiger partial charge in [0, 0.05) is 49.7 Å². The first kappa shape index (κ1) is 20.2. The topological polar surface area (TPSA) is 88.8 Å². The summed E-state index contributed by atoms with van der Waals surface area (Å²) >= 11 is 1.58. The van der Waals surface area contributed by atoms with E-state index in [-0.39, 0.29) is 11.9 Å². The molecule has 1 aliphatic rings. The Balaban J connectivity index is 1.32. The summed E-state index contributed by atoms with van der Waals surface area (Å²) in [7, 11) is 1.37. The molecule has 0 saturated carbocycles. The van der Waals surface area contributed by atoms with E-state index < -0.39 is 0 Å². The molecular formula is C21H22N4O4S. The van der Waals surface area contributed by atoms with Crippen molar-refractivity contribution in [3.05, 3.63) is 58.4 Å². The van der Waals surface area contributed by atoms with Gasteiger partial charge in [0.05, 0.1) is 24.1 Å². The number of amides is 1. The molecule has 1 aliphatic heterocycles. The first-order valence-electron chi connectivity index (χ1n) is 9.61. The highest BCUT2D eigenvalue weighted by atomic mass is 32.1. The number of ether oxygens (including phenoxy) is 1. The van der Waals surface area contributed by atoms with Crippen molar-refractivity contribution in [2.45, 2.75) is 13.5 Å². The van der Waals surface area contributed by atoms with Crippen LogP contribution in [0.25, 0.3) is 10.6 Å². The molecule has 156 valence electrons. The number of piperazine rings is 1. The predicted octanol–water partition coefficient (Wildman–Crippen LogP) is 2.85. The number of aromatic nitrogens is 2. The van der Waals surface area contributed by atoms with E-state index in [4.69, 9.17) is 14.2 Å². The van der Waals surface area contributed by atoms with Gasteiger partial charge in [0.15, 0.2) is 0 Å². The first-order chi connectivity index (χ1) is 14.5. The van der Waals surface area contributed by atoms with Gasteiger partial charge in [0.2, 0.25) is 5.76 Å². The number of nitrogens with zero attached hydrogens (tertiary/aromatic N) is 4. The van der Waals surface area contributed by atoms with E-state index in [0.717, 1.165) is 35.9 Å². The number of rotatable bonds is 5. The number of aryl methyl sites for hydroxylation is 1. The molecule has 30 heavy (non-hydrogen) atoms. The number of thiazole rings is 1. The highest BCUT2D eigenvalue weighted by Crippen LogP contribution is 2.25. The lowest BCUT2D eigenvalue weighted by atomic mass is 10.1. The largest absolute Gasteiger partial charge is 0.465 e. The maximum atomic E-state index is 12.5. The molecule has 4 rings (SSSR count). The lowest BCUT2D eigenvalue weighted by Crippen LogP contribution is -2.48. The van der Waals surface area contributed by atoms with Gasteiger partial charge in [-0.3, -0.25) is 9.69 Å². The van der Waals surface area contributed by atoms with Crippen LogP contribution in [0.3, 0.4) is 0 Å². The van der Waals surface area contributed by atoms with Crippen molar-refractivity contribution in [2.75, 3.05) is 33.3 Å². The maximum absolute atomic E-state index is 12.5. The number of carbonyl (C=O) groups is 2. The lowest BCUT2D eigenvalue weighted by Gasteiger charge is -2.33. The molecule has 1 aromatic carbocycles. The number of carbonyl (C=O) groups excluding carboxylic acids is 2. The molecule has 3 heterocycles. The van der Waals surface area contributed by atoms with E-state index >= 15 is 0 Å². The lowest BCUT2D eigenvalue weighted by molar-refractivity contribution is 0.0584. The third-order valence-electron chi connectivity index (χ3n) is 4.99. The highest BCUT2D eigenvalue weighted by Gasteiger charge is 2.25. The van der Waals surface area contributed by atoms with Gasteiger partial charge in [-0.25, -0.2) is 9.78 Å². The predicted molar refractivity (Wildman–Crippen MR) is 111 cm³/mol. The Morgan fingerprint density at radius 1 is 1.17 bits per heavy atom. The molecular weight excluding hydrogens is 404 g/mol. The minimum absolute atomic E-state index is 0.110. The molecule has 0 spiro atoms. The van der Waals surface area contributed by atoms with Crippen molar-refractivity contribution in [3.8, 4) is 10.6 Å². The van der Waals surface area contributed by atoms with Gasteiger partial charge in [-0.05, 0) is 19.1 Å². The second kappa shape index (κ2) is 8.76. The van der Waals surface area contributed by atoms with Crippen LogP contribution in [0, 0.1) is 6.92 Å². The Hall–Kier alpha value is -3.04. The van der Waals surface area contributed by atoms with E-state index in [1.54, 1.807) is 41.4 Å². The van der Waals surface area contributed by atoms with Crippen LogP contribution in [0.4, 0.5) is 0 Å². The Kier molecular flexibility index (Phi) is 5.91. The molecule has 0 radical (unpaired) electrons. The number of esters is 1. The summed E-state index contributed by atoms with van der Waals surface area (Å²) in [6, 6.07) is 8.92. The zero-order valence-electron chi connectivity index (χ0n) is 16.8. The average molecular weight is 426 g/mol. The summed E-state index contributed by atoms with van der Waals surface area (Å²) in [5.74, 6) is -0.164. The molecule has 1 saturated heterocycles. The summed E-state index contributed by atoms with van der Waals surface area (Å²) < 4.78 is 9.81. The van der Waals surface area contributed by atoms with Crippen LogP contribution < -0.4 is 0 Å². The zero-order chi connectivity index (χ0) is 21.1. The van der Waals surface area contributed by atoms with E-state index in [1.807, 2.05) is 12.1 Å². The van der Waals surface area contributed by atoms with Gasteiger partial charge in [-0.15, -0.1) is 11.3 Å². The Labute approximate surface area is 178 Å². The molecule has 0 N–H and O–H groups in total. The fourth-order valence-corrected chi connectivity index (χ4v) is 4.15. The summed E-state index contributed by atoms with van der Waals surface area (Å²) in [6.45, 7) is 5.38. The smallest absolute Gasteiger partial charge is 0.337 e. The third-order valence-corrected chi connectivity index (χ3v) is 5.93. The van der Waals surface area contributed by atoms with Crippen LogP contribution in [0.15, 0.2) is 40.2 Å². The van der Waals surface area contributed by atoms with Gasteiger partial charge < -0.3 is 14.2 Å². The standard InChI is InChI=1S/C21H22N4O4S/c1-14-11-18(29-23-14)20(26)25-9-7-24(8-10-25)12-17-13-30-19(22-17)15-3-5-16(6-4-15)21(27)28-2/h3-6,11,13H,7-10,12H2,1-2H3. The minimum Gasteiger partial charge on any atom is -0.465 e. The summed E-state index contributed by atoms with van der Waals surface area (Å²) in [6.07, 6.45) is 0. The SMILES string of the molecule is COC(=O)c1ccc(-c2nc(CN3CCN(C(=O)c4cc(C)no4)CC3)cs2)cc1. The maximum Gasteiger partial charge on any atom is 0.337 e. The fourth-order valence-electron chi connectivity index (χ4n) is 3.34. The first-order valence-corrected chi connectivity index (χ1v) is 10.5. The highest BCUT2D eigenvalue weighted by molar-refractivity contribution is 7.13. The molecule has 8 nitrogen and oxygen atoms in total. The van der Waals surface area contributed by atoms with Crippen molar-refractivity contribution in [1.29, 1.82) is 0 Å². The number of benzene rings is 1. The van der Waals surface area contributed by atoms with Gasteiger partial charge >= 0.3 is 5.97 Å². The number of hydrogen-bond acceptors (Lipinski definition) is 8. The molecule has 0 bridgehead atoms. The minimum atomic E-state index is -0.350. The number of hydrogen-bond donors (Lipinski definition) is 0. The van der Waals surface area contributed by atoms with E-state index in [2.05, 4.69) is 15.4 Å². The summed E-state index contributed by atoms with van der Waals surface area (Å²) in [5.41, 5.74) is 3.19. The second-order valence-corrected chi connectivity index (χ2v) is 7.97. The van der Waals surface area contributed by atoms with Crippen molar-refractivity contribution in [1.82, 2.24) is 19.9 Å². The van der Waals surface area contributed by atoms with Crippen LogP contribution in [0.5, 0.6) is 0 Å². The van der Waals surface area contributed by atoms with Crippen molar-refractivity contribution >= 4 is 23.2 Å². The fraction of sp³-hybridized carbons (Fsp3) is 0.333. The van der Waals surface area contributed by atoms with Gasteiger partial charge in [-0.2, -0.15) is 0 Å². The van der Waals surface area contributed by atoms with E-state index in [0.29, 0.717) is 30.1 Å².